The standard InChI is InChI=1S/C17H10ClFN4O2/c18-13-4-2-1-3-11(13)16-22-21-15(25-16)8-23-9-20-14-7-10(19)5-6-12(14)17(23)24/h1-7,9H,8H2. The normalized spacial score (nSPS) is 11.1. The van der Waals surface area contributed by atoms with E-state index in [0.717, 1.165) is 0 Å². The van der Waals surface area contributed by atoms with Crippen molar-refractivity contribution in [3.05, 3.63) is 75.9 Å². The topological polar surface area (TPSA) is 73.8 Å². The second-order valence-corrected chi connectivity index (χ2v) is 5.73. The predicted molar refractivity (Wildman–Crippen MR) is 89.8 cm³/mol. The number of aromatic nitrogens is 4. The number of hydrogen-bond acceptors (Lipinski definition) is 5. The van der Waals surface area contributed by atoms with Gasteiger partial charge in [-0.3, -0.25) is 9.36 Å². The molecule has 0 unspecified atom stereocenters. The smallest absolute Gasteiger partial charge is 0.261 e. The van der Waals surface area contributed by atoms with E-state index in [0.29, 0.717) is 21.5 Å². The van der Waals surface area contributed by atoms with E-state index in [2.05, 4.69) is 15.2 Å². The van der Waals surface area contributed by atoms with Gasteiger partial charge >= 0.3 is 0 Å². The molecule has 0 aliphatic rings. The van der Waals surface area contributed by atoms with Crippen LogP contribution in [-0.2, 0) is 6.54 Å². The van der Waals surface area contributed by atoms with Gasteiger partial charge in [-0.1, -0.05) is 23.7 Å². The van der Waals surface area contributed by atoms with Crippen molar-refractivity contribution in [3.8, 4) is 11.5 Å². The lowest BCUT2D eigenvalue weighted by Crippen LogP contribution is -2.21. The molecule has 0 bridgehead atoms. The predicted octanol–water partition coefficient (Wildman–Crippen LogP) is 3.29. The second-order valence-electron chi connectivity index (χ2n) is 5.32. The highest BCUT2D eigenvalue weighted by molar-refractivity contribution is 6.33. The highest BCUT2D eigenvalue weighted by Crippen LogP contribution is 2.26. The van der Waals surface area contributed by atoms with Crippen LogP contribution in [0.3, 0.4) is 0 Å². The van der Waals surface area contributed by atoms with Gasteiger partial charge in [-0.05, 0) is 24.3 Å². The van der Waals surface area contributed by atoms with Crippen LogP contribution in [-0.4, -0.2) is 19.7 Å². The summed E-state index contributed by atoms with van der Waals surface area (Å²) in [6.07, 6.45) is 1.32. The number of rotatable bonds is 3. The first-order valence-corrected chi connectivity index (χ1v) is 7.71. The Morgan fingerprint density at radius 3 is 2.84 bits per heavy atom. The Kier molecular flexibility index (Phi) is 3.77. The minimum absolute atomic E-state index is 0.0522. The molecule has 0 spiro atoms. The van der Waals surface area contributed by atoms with Crippen LogP contribution in [0.15, 0.2) is 58.0 Å². The number of halogens is 2. The fourth-order valence-corrected chi connectivity index (χ4v) is 2.67. The van der Waals surface area contributed by atoms with Crippen molar-refractivity contribution < 1.29 is 8.81 Å². The molecule has 25 heavy (non-hydrogen) atoms. The molecule has 0 fully saturated rings. The Bertz CT molecular complexity index is 1140. The third kappa shape index (κ3) is 2.89. The van der Waals surface area contributed by atoms with E-state index < -0.39 is 5.82 Å². The zero-order valence-corrected chi connectivity index (χ0v) is 13.4. The van der Waals surface area contributed by atoms with E-state index in [1.165, 1.54) is 29.1 Å². The monoisotopic (exact) mass is 356 g/mol. The minimum atomic E-state index is -0.446. The summed E-state index contributed by atoms with van der Waals surface area (Å²) in [5.74, 6) is 0.0585. The lowest BCUT2D eigenvalue weighted by Gasteiger charge is -2.03. The summed E-state index contributed by atoms with van der Waals surface area (Å²) in [5, 5.41) is 8.71. The Balaban J connectivity index is 1.68. The first-order valence-electron chi connectivity index (χ1n) is 7.34. The molecular formula is C17H10ClFN4O2. The van der Waals surface area contributed by atoms with Gasteiger partial charge in [-0.2, -0.15) is 0 Å². The van der Waals surface area contributed by atoms with Crippen LogP contribution in [0.1, 0.15) is 5.89 Å². The highest BCUT2D eigenvalue weighted by atomic mass is 35.5. The Hall–Kier alpha value is -3.06. The van der Waals surface area contributed by atoms with Gasteiger partial charge in [0, 0.05) is 6.07 Å². The first kappa shape index (κ1) is 15.5. The maximum Gasteiger partial charge on any atom is 0.261 e. The quantitative estimate of drug-likeness (QED) is 0.563. The third-order valence-corrected chi connectivity index (χ3v) is 3.99. The minimum Gasteiger partial charge on any atom is -0.419 e. The Morgan fingerprint density at radius 1 is 1.16 bits per heavy atom. The molecule has 4 aromatic rings. The van der Waals surface area contributed by atoms with E-state index in [4.69, 9.17) is 16.0 Å². The van der Waals surface area contributed by atoms with Crippen LogP contribution in [0.5, 0.6) is 0 Å². The third-order valence-electron chi connectivity index (χ3n) is 3.66. The zero-order chi connectivity index (χ0) is 17.4. The molecule has 0 N–H and O–H groups in total. The largest absolute Gasteiger partial charge is 0.419 e. The van der Waals surface area contributed by atoms with Crippen LogP contribution in [0.25, 0.3) is 22.4 Å². The van der Waals surface area contributed by atoms with Gasteiger partial charge in [-0.15, -0.1) is 10.2 Å². The van der Waals surface area contributed by atoms with E-state index in [1.54, 1.807) is 18.2 Å². The lowest BCUT2D eigenvalue weighted by molar-refractivity contribution is 0.483. The summed E-state index contributed by atoms with van der Waals surface area (Å²) in [7, 11) is 0. The van der Waals surface area contributed by atoms with Crippen LogP contribution in [0.2, 0.25) is 5.02 Å². The average molecular weight is 357 g/mol. The van der Waals surface area contributed by atoms with E-state index in [9.17, 15) is 9.18 Å². The van der Waals surface area contributed by atoms with Crippen molar-refractivity contribution in [1.29, 1.82) is 0 Å². The van der Waals surface area contributed by atoms with E-state index in [1.807, 2.05) is 6.07 Å². The summed E-state index contributed by atoms with van der Waals surface area (Å²) < 4.78 is 20.1. The summed E-state index contributed by atoms with van der Waals surface area (Å²) in [6, 6.07) is 10.9. The summed E-state index contributed by atoms with van der Waals surface area (Å²) in [4.78, 5) is 16.6. The molecule has 0 saturated heterocycles. The van der Waals surface area contributed by atoms with Gasteiger partial charge in [-0.25, -0.2) is 9.37 Å². The average Bonchev–Trinajstić information content (AvgIpc) is 3.06. The van der Waals surface area contributed by atoms with Crippen LogP contribution in [0.4, 0.5) is 4.39 Å². The molecule has 0 aliphatic heterocycles. The van der Waals surface area contributed by atoms with Crippen molar-refractivity contribution >= 4 is 22.5 Å². The zero-order valence-electron chi connectivity index (χ0n) is 12.7. The van der Waals surface area contributed by atoms with Gasteiger partial charge in [0.1, 0.15) is 12.4 Å². The van der Waals surface area contributed by atoms with Crippen molar-refractivity contribution in [2.45, 2.75) is 6.54 Å². The van der Waals surface area contributed by atoms with Gasteiger partial charge < -0.3 is 4.42 Å². The number of fused-ring (bicyclic) bond motifs is 1. The van der Waals surface area contributed by atoms with Crippen LogP contribution < -0.4 is 5.56 Å². The summed E-state index contributed by atoms with van der Waals surface area (Å²) >= 11 is 6.11. The molecule has 0 radical (unpaired) electrons. The van der Waals surface area contributed by atoms with Crippen molar-refractivity contribution in [3.63, 3.8) is 0 Å². The summed E-state index contributed by atoms with van der Waals surface area (Å²) in [5.41, 5.74) is 0.591. The van der Waals surface area contributed by atoms with Crippen LogP contribution >= 0.6 is 11.6 Å². The lowest BCUT2D eigenvalue weighted by atomic mass is 10.2. The summed E-state index contributed by atoms with van der Waals surface area (Å²) in [6.45, 7) is 0.0522. The number of nitrogens with zero attached hydrogens (tertiary/aromatic N) is 4. The van der Waals surface area contributed by atoms with Crippen LogP contribution in [0, 0.1) is 5.82 Å². The van der Waals surface area contributed by atoms with Crippen molar-refractivity contribution in [2.24, 2.45) is 0 Å². The van der Waals surface area contributed by atoms with E-state index >= 15 is 0 Å². The SMILES string of the molecule is O=c1c2ccc(F)cc2ncn1Cc1nnc(-c2ccccc2Cl)o1. The molecule has 0 aliphatic carbocycles. The second kappa shape index (κ2) is 6.10. The van der Waals surface area contributed by atoms with Gasteiger partial charge in [0.25, 0.3) is 5.56 Å². The fourth-order valence-electron chi connectivity index (χ4n) is 2.45. The molecule has 0 amide bonds. The molecule has 8 heteroatoms. The Morgan fingerprint density at radius 2 is 2.00 bits per heavy atom. The Labute approximate surface area is 145 Å². The first-order chi connectivity index (χ1) is 12.1. The molecule has 2 heterocycles. The molecule has 2 aromatic carbocycles. The highest BCUT2D eigenvalue weighted by Gasteiger charge is 2.13. The molecule has 6 nitrogen and oxygen atoms in total. The van der Waals surface area contributed by atoms with E-state index in [-0.39, 0.29) is 23.9 Å². The van der Waals surface area contributed by atoms with Crippen molar-refractivity contribution in [2.75, 3.05) is 0 Å². The molecule has 0 atom stereocenters. The number of hydrogen-bond donors (Lipinski definition) is 0. The van der Waals surface area contributed by atoms with Crippen molar-refractivity contribution in [1.82, 2.24) is 19.7 Å². The van der Waals surface area contributed by atoms with Gasteiger partial charge in [0.15, 0.2) is 0 Å². The molecule has 4 rings (SSSR count). The molecular weight excluding hydrogens is 347 g/mol. The molecule has 2 aromatic heterocycles. The maximum atomic E-state index is 13.2. The molecule has 0 saturated carbocycles. The molecule has 124 valence electrons. The fraction of sp³-hybridized carbons (Fsp3) is 0.0588. The van der Waals surface area contributed by atoms with Gasteiger partial charge in [0.05, 0.1) is 27.8 Å². The van der Waals surface area contributed by atoms with Gasteiger partial charge in [0.2, 0.25) is 11.8 Å². The number of benzene rings is 2. The maximum absolute atomic E-state index is 13.2.